The zero-order valence-corrected chi connectivity index (χ0v) is 26.5. The van der Waals surface area contributed by atoms with Gasteiger partial charge < -0.3 is 10.2 Å². The van der Waals surface area contributed by atoms with Crippen LogP contribution >= 0.6 is 27.5 Å². The molecule has 3 aromatic rings. The van der Waals surface area contributed by atoms with Gasteiger partial charge in [0.15, 0.2) is 0 Å². The van der Waals surface area contributed by atoms with E-state index in [4.69, 9.17) is 11.6 Å². The Bertz CT molecular complexity index is 1450. The maximum atomic E-state index is 14.0. The Morgan fingerprint density at radius 2 is 1.57 bits per heavy atom. The van der Waals surface area contributed by atoms with Crippen molar-refractivity contribution in [2.45, 2.75) is 64.6 Å². The van der Waals surface area contributed by atoms with Crippen LogP contribution in [0.15, 0.2) is 76.1 Å². The molecule has 0 aromatic heterocycles. The van der Waals surface area contributed by atoms with Crippen molar-refractivity contribution in [2.24, 2.45) is 0 Å². The maximum absolute atomic E-state index is 14.0. The summed E-state index contributed by atoms with van der Waals surface area (Å²) in [5.41, 5.74) is 3.03. The normalized spacial score (nSPS) is 12.9. The fraction of sp³-hybridized carbons (Fsp3) is 0.333. The zero-order valence-electron chi connectivity index (χ0n) is 23.3. The summed E-state index contributed by atoms with van der Waals surface area (Å²) in [5.74, 6) is -0.816. The van der Waals surface area contributed by atoms with Gasteiger partial charge >= 0.3 is 0 Å². The number of nitrogens with one attached hydrogen (secondary N) is 1. The Labute approximate surface area is 250 Å². The summed E-state index contributed by atoms with van der Waals surface area (Å²) in [4.78, 5) is 28.6. The molecule has 7 nitrogen and oxygen atoms in total. The number of halogens is 2. The predicted octanol–water partition coefficient (Wildman–Crippen LogP) is 6.25. The largest absolute Gasteiger partial charge is 0.352 e. The number of benzene rings is 3. The van der Waals surface area contributed by atoms with Gasteiger partial charge in [0.25, 0.3) is 10.0 Å². The topological polar surface area (TPSA) is 86.8 Å². The molecule has 40 heavy (non-hydrogen) atoms. The highest BCUT2D eigenvalue weighted by Gasteiger charge is 2.33. The molecular weight excluding hydrogens is 614 g/mol. The van der Waals surface area contributed by atoms with Crippen LogP contribution in [0.3, 0.4) is 0 Å². The van der Waals surface area contributed by atoms with E-state index in [1.807, 2.05) is 58.0 Å². The van der Waals surface area contributed by atoms with Crippen LogP contribution in [0.1, 0.15) is 43.9 Å². The number of carbonyl (C=O) groups excluding carboxylic acids is 2. The molecule has 0 aliphatic carbocycles. The minimum absolute atomic E-state index is 0.00458. The molecule has 0 aliphatic heterocycles. The third-order valence-corrected chi connectivity index (χ3v) is 9.46. The van der Waals surface area contributed by atoms with Crippen LogP contribution in [0.25, 0.3) is 0 Å². The number of anilines is 1. The number of amides is 2. The Kier molecular flexibility index (Phi) is 10.8. The molecule has 0 aliphatic rings. The lowest BCUT2D eigenvalue weighted by molar-refractivity contribution is -0.139. The van der Waals surface area contributed by atoms with E-state index in [1.54, 1.807) is 19.1 Å². The smallest absolute Gasteiger partial charge is 0.264 e. The van der Waals surface area contributed by atoms with Crippen LogP contribution < -0.4 is 9.62 Å². The van der Waals surface area contributed by atoms with Crippen molar-refractivity contribution in [3.05, 3.63) is 92.9 Å². The van der Waals surface area contributed by atoms with Crippen LogP contribution in [-0.4, -0.2) is 43.8 Å². The molecule has 1 N–H and O–H groups in total. The van der Waals surface area contributed by atoms with Crippen LogP contribution in [-0.2, 0) is 26.2 Å². The van der Waals surface area contributed by atoms with E-state index < -0.39 is 28.5 Å². The van der Waals surface area contributed by atoms with E-state index in [0.29, 0.717) is 10.7 Å². The summed E-state index contributed by atoms with van der Waals surface area (Å²) in [7, 11) is -4.16. The summed E-state index contributed by atoms with van der Waals surface area (Å²) in [6.07, 6.45) is 0.735. The second-order valence-corrected chi connectivity index (χ2v) is 13.1. The van der Waals surface area contributed by atoms with Crippen LogP contribution in [0, 0.1) is 13.8 Å². The third-order valence-electron chi connectivity index (χ3n) is 6.89. The SMILES string of the molecule is CC[C@H](C)NC(=O)[C@H](C)N(Cc1ccc(Br)cc1)C(=O)CN(c1ccc(C)c(C)c1)S(=O)(=O)c1ccc(Cl)cc1. The highest BCUT2D eigenvalue weighted by molar-refractivity contribution is 9.10. The third kappa shape index (κ3) is 7.86. The maximum Gasteiger partial charge on any atom is 0.264 e. The molecule has 0 spiro atoms. The summed E-state index contributed by atoms with van der Waals surface area (Å²) >= 11 is 9.43. The molecule has 214 valence electrons. The fourth-order valence-corrected chi connectivity index (χ4v) is 5.77. The van der Waals surface area contributed by atoms with Crippen LogP contribution in [0.2, 0.25) is 5.02 Å². The van der Waals surface area contributed by atoms with Crippen molar-refractivity contribution in [1.82, 2.24) is 10.2 Å². The highest BCUT2D eigenvalue weighted by atomic mass is 79.9. The average Bonchev–Trinajstić information content (AvgIpc) is 2.92. The van der Waals surface area contributed by atoms with E-state index >= 15 is 0 Å². The second kappa shape index (κ2) is 13.7. The summed E-state index contributed by atoms with van der Waals surface area (Å²) < 4.78 is 29.8. The van der Waals surface area contributed by atoms with Gasteiger partial charge in [-0.15, -0.1) is 0 Å². The first-order chi connectivity index (χ1) is 18.8. The average molecular weight is 649 g/mol. The van der Waals surface area contributed by atoms with E-state index in [1.165, 1.54) is 29.2 Å². The van der Waals surface area contributed by atoms with E-state index in [-0.39, 0.29) is 23.4 Å². The zero-order chi connectivity index (χ0) is 29.6. The molecule has 0 saturated heterocycles. The molecule has 2 atom stereocenters. The summed E-state index contributed by atoms with van der Waals surface area (Å²) in [5, 5.41) is 3.33. The number of hydrogen-bond acceptors (Lipinski definition) is 4. The number of rotatable bonds is 11. The minimum atomic E-state index is -4.16. The highest BCUT2D eigenvalue weighted by Crippen LogP contribution is 2.27. The van der Waals surface area contributed by atoms with Crippen LogP contribution in [0.5, 0.6) is 0 Å². The Balaban J connectivity index is 2.04. The van der Waals surface area contributed by atoms with Gasteiger partial charge in [-0.3, -0.25) is 13.9 Å². The fourth-order valence-electron chi connectivity index (χ4n) is 3.98. The molecule has 0 saturated carbocycles. The Morgan fingerprint density at radius 1 is 0.950 bits per heavy atom. The lowest BCUT2D eigenvalue weighted by Gasteiger charge is -2.32. The second-order valence-electron chi connectivity index (χ2n) is 9.88. The predicted molar refractivity (Wildman–Crippen MR) is 164 cm³/mol. The molecule has 0 unspecified atom stereocenters. The number of nitrogens with zero attached hydrogens (tertiary/aromatic N) is 2. The van der Waals surface area contributed by atoms with Gasteiger partial charge in [0, 0.05) is 22.1 Å². The van der Waals surface area contributed by atoms with Gasteiger partial charge in [-0.25, -0.2) is 8.42 Å². The Morgan fingerprint density at radius 3 is 2.15 bits per heavy atom. The molecule has 10 heteroatoms. The standard InChI is InChI=1S/C30H35BrClN3O4S/c1-6-22(4)33-30(37)23(5)34(18-24-8-10-25(31)11-9-24)29(36)19-35(27-14-7-20(2)21(3)17-27)40(38,39)28-15-12-26(32)13-16-28/h7-17,22-23H,6,18-19H2,1-5H3,(H,33,37)/t22-,23-/m0/s1. The lowest BCUT2D eigenvalue weighted by Crippen LogP contribution is -2.52. The number of hydrogen-bond donors (Lipinski definition) is 1. The molecule has 0 fully saturated rings. The summed E-state index contributed by atoms with van der Waals surface area (Å²) in [6, 6.07) is 17.6. The summed E-state index contributed by atoms with van der Waals surface area (Å²) in [6.45, 7) is 8.96. The van der Waals surface area contributed by atoms with Crippen molar-refractivity contribution in [2.75, 3.05) is 10.8 Å². The Hall–Kier alpha value is -2.88. The van der Waals surface area contributed by atoms with Crippen molar-refractivity contribution in [1.29, 1.82) is 0 Å². The van der Waals surface area contributed by atoms with Gasteiger partial charge in [-0.1, -0.05) is 52.7 Å². The quantitative estimate of drug-likeness (QED) is 0.267. The molecular formula is C30H35BrClN3O4S. The number of aryl methyl sites for hydroxylation is 2. The number of carbonyl (C=O) groups is 2. The van der Waals surface area contributed by atoms with Gasteiger partial charge in [-0.05, 0) is 99.3 Å². The number of sulfonamides is 1. The molecule has 3 aromatic carbocycles. The molecule has 0 heterocycles. The molecule has 0 bridgehead atoms. The van der Waals surface area contributed by atoms with Crippen LogP contribution in [0.4, 0.5) is 5.69 Å². The first kappa shape index (κ1) is 31.6. The van der Waals surface area contributed by atoms with Gasteiger partial charge in [0.05, 0.1) is 10.6 Å². The van der Waals surface area contributed by atoms with Crippen molar-refractivity contribution < 1.29 is 18.0 Å². The first-order valence-corrected chi connectivity index (χ1v) is 15.6. The van der Waals surface area contributed by atoms with Crippen molar-refractivity contribution in [3.63, 3.8) is 0 Å². The molecule has 3 rings (SSSR count). The first-order valence-electron chi connectivity index (χ1n) is 13.0. The monoisotopic (exact) mass is 647 g/mol. The van der Waals surface area contributed by atoms with Gasteiger partial charge in [-0.2, -0.15) is 0 Å². The van der Waals surface area contributed by atoms with Gasteiger partial charge in [0.1, 0.15) is 12.6 Å². The van der Waals surface area contributed by atoms with Crippen molar-refractivity contribution >= 4 is 55.1 Å². The molecule has 0 radical (unpaired) electrons. The molecule has 2 amide bonds. The van der Waals surface area contributed by atoms with Gasteiger partial charge in [0.2, 0.25) is 11.8 Å². The lowest BCUT2D eigenvalue weighted by atomic mass is 10.1. The van der Waals surface area contributed by atoms with E-state index in [2.05, 4.69) is 21.2 Å². The minimum Gasteiger partial charge on any atom is -0.352 e. The van der Waals surface area contributed by atoms with E-state index in [0.717, 1.165) is 31.9 Å². The van der Waals surface area contributed by atoms with E-state index in [9.17, 15) is 18.0 Å². The van der Waals surface area contributed by atoms with Crippen molar-refractivity contribution in [3.8, 4) is 0 Å².